The Kier molecular flexibility index (Phi) is 3.30. The Balaban J connectivity index is 2.15. The highest BCUT2D eigenvalue weighted by atomic mass is 16.3. The van der Waals surface area contributed by atoms with Gasteiger partial charge in [-0.3, -0.25) is 9.69 Å². The number of hydrogen-bond donors (Lipinski definition) is 2. The summed E-state index contributed by atoms with van der Waals surface area (Å²) in [5, 5.41) is 9.86. The number of para-hydroxylation sites is 1. The summed E-state index contributed by atoms with van der Waals surface area (Å²) in [5.74, 6) is 0.0622. The molecule has 3 N–H and O–H groups in total. The highest BCUT2D eigenvalue weighted by Gasteiger charge is 2.40. The van der Waals surface area contributed by atoms with Gasteiger partial charge in [0.15, 0.2) is 0 Å². The number of benzene rings is 1. The normalized spacial score (nSPS) is 26.1. The molecule has 2 unspecified atom stereocenters. The number of hydrogen-bond acceptors (Lipinski definition) is 3. The number of rotatable bonds is 3. The van der Waals surface area contributed by atoms with Gasteiger partial charge in [0.1, 0.15) is 5.75 Å². The third-order valence-corrected chi connectivity index (χ3v) is 4.03. The molecule has 98 valence electrons. The highest BCUT2D eigenvalue weighted by Crippen LogP contribution is 2.36. The molecule has 0 bridgehead atoms. The van der Waals surface area contributed by atoms with Crippen LogP contribution in [0.25, 0.3) is 0 Å². The number of phenols is 1. The third-order valence-electron chi connectivity index (χ3n) is 4.03. The van der Waals surface area contributed by atoms with Crippen molar-refractivity contribution in [2.45, 2.75) is 26.3 Å². The third kappa shape index (κ3) is 2.20. The summed E-state index contributed by atoms with van der Waals surface area (Å²) >= 11 is 0. The molecule has 1 amide bonds. The molecule has 4 nitrogen and oxygen atoms in total. The lowest BCUT2D eigenvalue weighted by Crippen LogP contribution is -2.37. The summed E-state index contributed by atoms with van der Waals surface area (Å²) in [6, 6.07) is 7.42. The number of amides is 1. The zero-order valence-electron chi connectivity index (χ0n) is 10.9. The van der Waals surface area contributed by atoms with E-state index in [4.69, 9.17) is 5.73 Å². The molecule has 0 radical (unpaired) electrons. The minimum absolute atomic E-state index is 0.0902. The average molecular weight is 248 g/mol. The van der Waals surface area contributed by atoms with E-state index in [1.807, 2.05) is 32.0 Å². The topological polar surface area (TPSA) is 66.6 Å². The van der Waals surface area contributed by atoms with Crippen molar-refractivity contribution < 1.29 is 9.90 Å². The average Bonchev–Trinajstić information content (AvgIpc) is 2.73. The van der Waals surface area contributed by atoms with E-state index in [1.54, 1.807) is 6.07 Å². The van der Waals surface area contributed by atoms with Crippen LogP contribution in [0.15, 0.2) is 24.3 Å². The summed E-state index contributed by atoms with van der Waals surface area (Å²) in [6.45, 7) is 5.43. The van der Waals surface area contributed by atoms with Gasteiger partial charge in [-0.2, -0.15) is 0 Å². The van der Waals surface area contributed by atoms with Crippen LogP contribution >= 0.6 is 0 Å². The largest absolute Gasteiger partial charge is 0.508 e. The van der Waals surface area contributed by atoms with Gasteiger partial charge in [0.05, 0.1) is 5.41 Å². The molecule has 1 aromatic rings. The minimum atomic E-state index is -0.446. The Bertz CT molecular complexity index is 461. The number of likely N-dealkylation sites (tertiary alicyclic amines) is 1. The van der Waals surface area contributed by atoms with E-state index in [-0.39, 0.29) is 11.9 Å². The van der Waals surface area contributed by atoms with Crippen LogP contribution in [0.5, 0.6) is 5.75 Å². The van der Waals surface area contributed by atoms with Crippen LogP contribution in [0.2, 0.25) is 0 Å². The summed E-state index contributed by atoms with van der Waals surface area (Å²) in [5.41, 5.74) is 5.90. The van der Waals surface area contributed by atoms with Crippen molar-refractivity contribution in [2.24, 2.45) is 11.1 Å². The van der Waals surface area contributed by atoms with Crippen LogP contribution < -0.4 is 5.73 Å². The predicted molar refractivity (Wildman–Crippen MR) is 70.0 cm³/mol. The first-order valence-corrected chi connectivity index (χ1v) is 6.26. The Morgan fingerprint density at radius 3 is 2.72 bits per heavy atom. The molecule has 0 aromatic heterocycles. The SMILES string of the molecule is CC(c1ccccc1O)N1CCC(C)(C(N)=O)C1. The van der Waals surface area contributed by atoms with Crippen molar-refractivity contribution in [3.8, 4) is 5.75 Å². The number of nitrogens with zero attached hydrogens (tertiary/aromatic N) is 1. The molecule has 0 saturated carbocycles. The van der Waals surface area contributed by atoms with Gasteiger partial charge < -0.3 is 10.8 Å². The van der Waals surface area contributed by atoms with Gasteiger partial charge >= 0.3 is 0 Å². The van der Waals surface area contributed by atoms with E-state index >= 15 is 0 Å². The summed E-state index contributed by atoms with van der Waals surface area (Å²) in [4.78, 5) is 13.6. The van der Waals surface area contributed by atoms with Crippen molar-refractivity contribution in [1.82, 2.24) is 4.90 Å². The molecular weight excluding hydrogens is 228 g/mol. The molecule has 2 atom stereocenters. The van der Waals surface area contributed by atoms with Crippen molar-refractivity contribution >= 4 is 5.91 Å². The van der Waals surface area contributed by atoms with E-state index in [9.17, 15) is 9.90 Å². The standard InChI is InChI=1S/C14H20N2O2/c1-10(11-5-3-4-6-12(11)17)16-8-7-14(2,9-16)13(15)18/h3-6,10,17H,7-9H2,1-2H3,(H2,15,18). The molecule has 0 spiro atoms. The molecule has 1 saturated heterocycles. The maximum atomic E-state index is 11.4. The lowest BCUT2D eigenvalue weighted by molar-refractivity contribution is -0.126. The summed E-state index contributed by atoms with van der Waals surface area (Å²) in [6.07, 6.45) is 0.778. The Morgan fingerprint density at radius 1 is 1.50 bits per heavy atom. The second kappa shape index (κ2) is 4.61. The number of nitrogens with two attached hydrogens (primary N) is 1. The molecule has 1 aromatic carbocycles. The van der Waals surface area contributed by atoms with E-state index in [2.05, 4.69) is 4.90 Å². The van der Waals surface area contributed by atoms with Crippen LogP contribution in [0.4, 0.5) is 0 Å². The first-order chi connectivity index (χ1) is 8.44. The van der Waals surface area contributed by atoms with Gasteiger partial charge in [0.2, 0.25) is 5.91 Å². The van der Waals surface area contributed by atoms with Gasteiger partial charge in [0, 0.05) is 18.2 Å². The molecule has 18 heavy (non-hydrogen) atoms. The number of phenolic OH excluding ortho intramolecular Hbond substituents is 1. The quantitative estimate of drug-likeness (QED) is 0.854. The molecule has 2 rings (SSSR count). The van der Waals surface area contributed by atoms with Crippen LogP contribution in [-0.4, -0.2) is 29.0 Å². The van der Waals surface area contributed by atoms with E-state index < -0.39 is 5.41 Å². The maximum absolute atomic E-state index is 11.4. The van der Waals surface area contributed by atoms with Crippen LogP contribution in [0.3, 0.4) is 0 Å². The molecule has 1 fully saturated rings. The predicted octanol–water partition coefficient (Wildman–Crippen LogP) is 1.65. The van der Waals surface area contributed by atoms with E-state index in [0.29, 0.717) is 12.3 Å². The lowest BCUT2D eigenvalue weighted by Gasteiger charge is -2.27. The highest BCUT2D eigenvalue weighted by molar-refractivity contribution is 5.81. The van der Waals surface area contributed by atoms with Gasteiger partial charge in [-0.1, -0.05) is 18.2 Å². The molecule has 1 heterocycles. The van der Waals surface area contributed by atoms with Gasteiger partial charge in [0.25, 0.3) is 0 Å². The molecule has 4 heteroatoms. The second-order valence-electron chi connectivity index (χ2n) is 5.38. The van der Waals surface area contributed by atoms with Gasteiger partial charge in [-0.05, 0) is 32.9 Å². The second-order valence-corrected chi connectivity index (χ2v) is 5.38. The maximum Gasteiger partial charge on any atom is 0.224 e. The molecular formula is C14H20N2O2. The fourth-order valence-electron chi connectivity index (χ4n) is 2.57. The van der Waals surface area contributed by atoms with Crippen molar-refractivity contribution in [1.29, 1.82) is 0 Å². The Labute approximate surface area is 107 Å². The van der Waals surface area contributed by atoms with Crippen LogP contribution in [-0.2, 0) is 4.79 Å². The smallest absolute Gasteiger partial charge is 0.224 e. The molecule has 0 aliphatic carbocycles. The molecule has 1 aliphatic heterocycles. The Morgan fingerprint density at radius 2 is 2.17 bits per heavy atom. The van der Waals surface area contributed by atoms with Crippen molar-refractivity contribution in [2.75, 3.05) is 13.1 Å². The lowest BCUT2D eigenvalue weighted by atomic mass is 9.89. The fourth-order valence-corrected chi connectivity index (χ4v) is 2.57. The van der Waals surface area contributed by atoms with Crippen LogP contribution in [0.1, 0.15) is 31.9 Å². The molecule has 1 aliphatic rings. The van der Waals surface area contributed by atoms with Gasteiger partial charge in [-0.25, -0.2) is 0 Å². The van der Waals surface area contributed by atoms with Gasteiger partial charge in [-0.15, -0.1) is 0 Å². The zero-order chi connectivity index (χ0) is 13.3. The number of carbonyl (C=O) groups excluding carboxylic acids is 1. The zero-order valence-corrected chi connectivity index (χ0v) is 10.9. The fraction of sp³-hybridized carbons (Fsp3) is 0.500. The van der Waals surface area contributed by atoms with Crippen LogP contribution in [0, 0.1) is 5.41 Å². The summed E-state index contributed by atoms with van der Waals surface area (Å²) in [7, 11) is 0. The summed E-state index contributed by atoms with van der Waals surface area (Å²) < 4.78 is 0. The minimum Gasteiger partial charge on any atom is -0.508 e. The monoisotopic (exact) mass is 248 g/mol. The number of carbonyl (C=O) groups is 1. The number of aromatic hydroxyl groups is 1. The number of primary amides is 1. The first kappa shape index (κ1) is 12.9. The van der Waals surface area contributed by atoms with E-state index in [1.165, 1.54) is 0 Å². The van der Waals surface area contributed by atoms with Crippen molar-refractivity contribution in [3.63, 3.8) is 0 Å². The van der Waals surface area contributed by atoms with E-state index in [0.717, 1.165) is 18.5 Å². The first-order valence-electron chi connectivity index (χ1n) is 6.26. The Hall–Kier alpha value is -1.55. The van der Waals surface area contributed by atoms with Crippen molar-refractivity contribution in [3.05, 3.63) is 29.8 Å².